The van der Waals surface area contributed by atoms with Crippen LogP contribution in [0.3, 0.4) is 0 Å². The van der Waals surface area contributed by atoms with Gasteiger partial charge in [-0.3, -0.25) is 0 Å². The van der Waals surface area contributed by atoms with Crippen molar-refractivity contribution in [2.45, 2.75) is 18.9 Å². The molecule has 2 N–H and O–H groups in total. The largest absolute Gasteiger partial charge is 0.379 e. The Labute approximate surface area is 108 Å². The zero-order chi connectivity index (χ0) is 13.4. The van der Waals surface area contributed by atoms with E-state index in [-0.39, 0.29) is 6.04 Å². The van der Waals surface area contributed by atoms with Gasteiger partial charge in [-0.1, -0.05) is 36.9 Å². The van der Waals surface area contributed by atoms with Gasteiger partial charge in [0.15, 0.2) is 0 Å². The third kappa shape index (κ3) is 3.70. The molecule has 0 spiro atoms. The second kappa shape index (κ2) is 7.22. The minimum absolute atomic E-state index is 0.0153. The Hall–Kier alpha value is -2.16. The third-order valence-electron chi connectivity index (χ3n) is 2.68. The van der Waals surface area contributed by atoms with E-state index in [2.05, 4.69) is 18.5 Å². The Morgan fingerprint density at radius 3 is 2.78 bits per heavy atom. The first kappa shape index (κ1) is 13.9. The molecule has 1 rings (SSSR count). The fraction of sp³-hybridized carbons (Fsp3) is 0.200. The highest BCUT2D eigenvalue weighted by molar-refractivity contribution is 5.85. The Morgan fingerprint density at radius 1 is 1.44 bits per heavy atom. The minimum atomic E-state index is 0.0153. The second-order valence-electron chi connectivity index (χ2n) is 3.94. The number of hydrogen-bond acceptors (Lipinski definition) is 3. The highest BCUT2D eigenvalue weighted by Gasteiger charge is 2.08. The van der Waals surface area contributed by atoms with Crippen molar-refractivity contribution in [2.75, 3.05) is 0 Å². The molecule has 0 bridgehead atoms. The van der Waals surface area contributed by atoms with Gasteiger partial charge in [0, 0.05) is 35.5 Å². The van der Waals surface area contributed by atoms with Crippen LogP contribution in [0.15, 0.2) is 43.5 Å². The first-order chi connectivity index (χ1) is 8.72. The van der Waals surface area contributed by atoms with E-state index in [4.69, 9.17) is 5.41 Å². The van der Waals surface area contributed by atoms with Crippen LogP contribution >= 0.6 is 0 Å². The number of nitrogens with one attached hydrogen (secondary N) is 2. The smallest absolute Gasteiger partial charge is 0.120 e. The topological polar surface area (TPSA) is 53.0 Å². The van der Waals surface area contributed by atoms with Crippen LogP contribution in [0.2, 0.25) is 0 Å². The van der Waals surface area contributed by atoms with Gasteiger partial charge in [-0.05, 0) is 6.42 Å². The maximum Gasteiger partial charge on any atom is 0.120 e. The van der Waals surface area contributed by atoms with Gasteiger partial charge in [0.1, 0.15) is 6.29 Å². The van der Waals surface area contributed by atoms with Crippen molar-refractivity contribution in [3.63, 3.8) is 0 Å². The summed E-state index contributed by atoms with van der Waals surface area (Å²) in [5.41, 5.74) is 2.45. The lowest BCUT2D eigenvalue weighted by molar-refractivity contribution is -0.107. The predicted molar refractivity (Wildman–Crippen MR) is 75.8 cm³/mol. The molecule has 0 saturated heterocycles. The van der Waals surface area contributed by atoms with Crippen molar-refractivity contribution < 1.29 is 4.79 Å². The summed E-state index contributed by atoms with van der Waals surface area (Å²) < 4.78 is 0. The molecule has 1 unspecified atom stereocenters. The molecule has 0 aliphatic carbocycles. The monoisotopic (exact) mass is 242 g/mol. The van der Waals surface area contributed by atoms with Gasteiger partial charge >= 0.3 is 0 Å². The van der Waals surface area contributed by atoms with Crippen molar-refractivity contribution in [3.05, 3.63) is 54.6 Å². The molecule has 0 heterocycles. The zero-order valence-corrected chi connectivity index (χ0v) is 10.4. The summed E-state index contributed by atoms with van der Waals surface area (Å²) in [7, 11) is 0. The quantitative estimate of drug-likeness (QED) is 0.418. The van der Waals surface area contributed by atoms with Gasteiger partial charge < -0.3 is 15.5 Å². The Morgan fingerprint density at radius 2 is 2.17 bits per heavy atom. The average molecular weight is 242 g/mol. The van der Waals surface area contributed by atoms with Gasteiger partial charge in [-0.2, -0.15) is 0 Å². The van der Waals surface area contributed by atoms with E-state index in [0.717, 1.165) is 23.1 Å². The van der Waals surface area contributed by atoms with Crippen LogP contribution in [-0.4, -0.2) is 18.5 Å². The Kier molecular flexibility index (Phi) is 5.58. The highest BCUT2D eigenvalue weighted by Crippen LogP contribution is 2.15. The molecule has 94 valence electrons. The summed E-state index contributed by atoms with van der Waals surface area (Å²) in [6.07, 6.45) is 5.15. The summed E-state index contributed by atoms with van der Waals surface area (Å²) in [5.74, 6) is 0. The molecule has 18 heavy (non-hydrogen) atoms. The molecule has 1 atom stereocenters. The summed E-state index contributed by atoms with van der Waals surface area (Å²) in [5, 5.41) is 10.6. The lowest BCUT2D eigenvalue weighted by Crippen LogP contribution is -2.25. The van der Waals surface area contributed by atoms with Crippen molar-refractivity contribution in [2.24, 2.45) is 0 Å². The van der Waals surface area contributed by atoms with E-state index in [0.29, 0.717) is 12.8 Å². The number of hydrogen-bond donors (Lipinski definition) is 2. The van der Waals surface area contributed by atoms with Crippen LogP contribution in [0.25, 0.3) is 5.70 Å². The molecule has 3 heteroatoms. The fourth-order valence-corrected chi connectivity index (χ4v) is 1.70. The second-order valence-corrected chi connectivity index (χ2v) is 3.94. The van der Waals surface area contributed by atoms with Gasteiger partial charge in [0.05, 0.1) is 0 Å². The standard InChI is InChI=1S/C15H18N2O/c1-3-14(8-6-10-18)17-12(2)15-9-5-4-7-13(15)11-16/h3-5,7,9-11,14,16-17H,1-2,6,8H2. The first-order valence-corrected chi connectivity index (χ1v) is 5.84. The summed E-state index contributed by atoms with van der Waals surface area (Å²) in [6, 6.07) is 7.58. The summed E-state index contributed by atoms with van der Waals surface area (Å²) >= 11 is 0. The molecule has 3 nitrogen and oxygen atoms in total. The van der Waals surface area contributed by atoms with E-state index in [1.54, 1.807) is 6.08 Å². The summed E-state index contributed by atoms with van der Waals surface area (Å²) in [4.78, 5) is 10.4. The van der Waals surface area contributed by atoms with Crippen LogP contribution in [0.4, 0.5) is 0 Å². The number of aldehydes is 1. The lowest BCUT2D eigenvalue weighted by Gasteiger charge is -2.18. The van der Waals surface area contributed by atoms with Crippen molar-refractivity contribution in [1.82, 2.24) is 5.32 Å². The van der Waals surface area contributed by atoms with E-state index in [1.165, 1.54) is 6.21 Å². The number of benzene rings is 1. The van der Waals surface area contributed by atoms with Gasteiger partial charge in [0.25, 0.3) is 0 Å². The summed E-state index contributed by atoms with van der Waals surface area (Å²) in [6.45, 7) is 7.72. The van der Waals surface area contributed by atoms with E-state index < -0.39 is 0 Å². The minimum Gasteiger partial charge on any atom is -0.379 e. The predicted octanol–water partition coefficient (Wildman–Crippen LogP) is 2.78. The number of rotatable bonds is 8. The normalized spacial score (nSPS) is 11.3. The van der Waals surface area contributed by atoms with E-state index >= 15 is 0 Å². The fourth-order valence-electron chi connectivity index (χ4n) is 1.70. The molecule has 0 aromatic heterocycles. The number of carbonyl (C=O) groups excluding carboxylic acids is 1. The molecular weight excluding hydrogens is 224 g/mol. The highest BCUT2D eigenvalue weighted by atomic mass is 16.1. The molecule has 0 aliphatic rings. The SMILES string of the molecule is C=CC(CCC=O)NC(=C)c1ccccc1C=N. The third-order valence-corrected chi connectivity index (χ3v) is 2.68. The van der Waals surface area contributed by atoms with Crippen molar-refractivity contribution in [1.29, 1.82) is 5.41 Å². The van der Waals surface area contributed by atoms with Crippen LogP contribution in [0, 0.1) is 5.41 Å². The first-order valence-electron chi connectivity index (χ1n) is 5.84. The molecule has 0 amide bonds. The van der Waals surface area contributed by atoms with Crippen LogP contribution in [0.5, 0.6) is 0 Å². The molecule has 1 aromatic carbocycles. The zero-order valence-electron chi connectivity index (χ0n) is 10.4. The van der Waals surface area contributed by atoms with Crippen molar-refractivity contribution >= 4 is 18.2 Å². The van der Waals surface area contributed by atoms with Crippen molar-refractivity contribution in [3.8, 4) is 0 Å². The maximum atomic E-state index is 10.4. The maximum absolute atomic E-state index is 10.4. The number of carbonyl (C=O) groups is 1. The van der Waals surface area contributed by atoms with Crippen LogP contribution < -0.4 is 5.32 Å². The molecule has 0 saturated carbocycles. The van der Waals surface area contributed by atoms with Crippen LogP contribution in [-0.2, 0) is 4.79 Å². The van der Waals surface area contributed by atoms with Gasteiger partial charge in [-0.15, -0.1) is 6.58 Å². The van der Waals surface area contributed by atoms with Gasteiger partial charge in [-0.25, -0.2) is 0 Å². The molecule has 0 radical (unpaired) electrons. The van der Waals surface area contributed by atoms with Crippen LogP contribution in [0.1, 0.15) is 24.0 Å². The van der Waals surface area contributed by atoms with E-state index in [1.807, 2.05) is 24.3 Å². The molecule has 0 aliphatic heterocycles. The Bertz CT molecular complexity index is 452. The lowest BCUT2D eigenvalue weighted by atomic mass is 10.0. The Balaban J connectivity index is 2.77. The molecular formula is C15H18N2O. The van der Waals surface area contributed by atoms with Gasteiger partial charge in [0.2, 0.25) is 0 Å². The van der Waals surface area contributed by atoms with E-state index in [9.17, 15) is 4.79 Å². The molecule has 1 aromatic rings. The average Bonchev–Trinajstić information content (AvgIpc) is 2.43. The molecule has 0 fully saturated rings.